The number of rotatable bonds is 5. The number of carbonyl (C=O) groups excluding carboxylic acids is 2. The molecule has 148 valence electrons. The normalized spacial score (nSPS) is 20.5. The first-order valence-electron chi connectivity index (χ1n) is 9.80. The van der Waals surface area contributed by atoms with E-state index in [1.165, 1.54) is 6.07 Å². The fraction of sp³-hybridized carbons (Fsp3) is 0.304. The number of halogens is 1. The molecule has 0 bridgehead atoms. The summed E-state index contributed by atoms with van der Waals surface area (Å²) in [6.45, 7) is 0.910. The molecule has 0 radical (unpaired) electrons. The van der Waals surface area contributed by atoms with Crippen molar-refractivity contribution in [2.24, 2.45) is 5.92 Å². The first-order chi connectivity index (χ1) is 14.1. The van der Waals surface area contributed by atoms with E-state index in [4.69, 9.17) is 4.74 Å². The van der Waals surface area contributed by atoms with E-state index >= 15 is 0 Å². The van der Waals surface area contributed by atoms with Crippen LogP contribution in [0.5, 0.6) is 5.75 Å². The van der Waals surface area contributed by atoms with Crippen molar-refractivity contribution in [1.29, 1.82) is 0 Å². The van der Waals surface area contributed by atoms with Crippen LogP contribution in [0.15, 0.2) is 42.5 Å². The molecule has 2 aliphatic heterocycles. The van der Waals surface area contributed by atoms with Gasteiger partial charge in [-0.15, -0.1) is 11.3 Å². The standard InChI is InChI=1S/C23H20FNO3S/c24-20-11-21-13(5-6-28-21)8-17(20)19-12-25-23(27)18(19)10-15(26)9-16-7-14-3-1-2-4-22(14)29-16/h1-4,7-8,11,18-19H,5-6,9-10,12H2,(H,25,27)/t18-,19-/m0/s1. The monoisotopic (exact) mass is 409 g/mol. The number of ketones is 1. The molecule has 5 rings (SSSR count). The Morgan fingerprint density at radius 1 is 1.24 bits per heavy atom. The predicted octanol–water partition coefficient (Wildman–Crippen LogP) is 4.01. The van der Waals surface area contributed by atoms with Crippen LogP contribution in [0, 0.1) is 11.7 Å². The van der Waals surface area contributed by atoms with Gasteiger partial charge in [-0.25, -0.2) is 4.39 Å². The molecule has 1 amide bonds. The van der Waals surface area contributed by atoms with Crippen molar-refractivity contribution in [2.75, 3.05) is 13.2 Å². The number of amides is 1. The second-order valence-corrected chi connectivity index (χ2v) is 8.88. The Balaban J connectivity index is 1.35. The lowest BCUT2D eigenvalue weighted by atomic mass is 9.83. The summed E-state index contributed by atoms with van der Waals surface area (Å²) in [6.07, 6.45) is 1.17. The van der Waals surface area contributed by atoms with E-state index in [2.05, 4.69) is 5.32 Å². The zero-order valence-corrected chi connectivity index (χ0v) is 16.6. The van der Waals surface area contributed by atoms with Crippen LogP contribution >= 0.6 is 11.3 Å². The van der Waals surface area contributed by atoms with E-state index < -0.39 is 5.92 Å². The minimum Gasteiger partial charge on any atom is -0.493 e. The number of thiophene rings is 1. The van der Waals surface area contributed by atoms with Crippen LogP contribution in [0.3, 0.4) is 0 Å². The Morgan fingerprint density at radius 2 is 2.10 bits per heavy atom. The highest BCUT2D eigenvalue weighted by atomic mass is 32.1. The van der Waals surface area contributed by atoms with Crippen LogP contribution in [0.2, 0.25) is 0 Å². The van der Waals surface area contributed by atoms with Gasteiger partial charge in [-0.2, -0.15) is 0 Å². The van der Waals surface area contributed by atoms with Gasteiger partial charge in [0.05, 0.1) is 12.5 Å². The van der Waals surface area contributed by atoms with Gasteiger partial charge in [0.25, 0.3) is 0 Å². The number of ether oxygens (including phenoxy) is 1. The van der Waals surface area contributed by atoms with Crippen molar-refractivity contribution < 1.29 is 18.7 Å². The molecule has 0 unspecified atom stereocenters. The molecule has 6 heteroatoms. The van der Waals surface area contributed by atoms with Gasteiger partial charge in [-0.3, -0.25) is 9.59 Å². The molecule has 0 saturated carbocycles. The van der Waals surface area contributed by atoms with Crippen molar-refractivity contribution in [3.63, 3.8) is 0 Å². The van der Waals surface area contributed by atoms with Crippen molar-refractivity contribution in [1.82, 2.24) is 5.32 Å². The molecular formula is C23H20FNO3S. The van der Waals surface area contributed by atoms with Crippen LogP contribution < -0.4 is 10.1 Å². The number of benzene rings is 2. The molecule has 2 aromatic carbocycles. The minimum atomic E-state index is -0.535. The molecule has 0 aliphatic carbocycles. The minimum absolute atomic E-state index is 0.00788. The zero-order chi connectivity index (χ0) is 20.0. The van der Waals surface area contributed by atoms with E-state index in [-0.39, 0.29) is 29.8 Å². The lowest BCUT2D eigenvalue weighted by Crippen LogP contribution is -2.23. The van der Waals surface area contributed by atoms with Gasteiger partial charge >= 0.3 is 0 Å². The van der Waals surface area contributed by atoms with Crippen molar-refractivity contribution in [3.05, 3.63) is 64.3 Å². The van der Waals surface area contributed by atoms with Crippen molar-refractivity contribution >= 4 is 33.1 Å². The quantitative estimate of drug-likeness (QED) is 0.693. The highest BCUT2D eigenvalue weighted by molar-refractivity contribution is 7.19. The molecule has 3 aromatic rings. The summed E-state index contributed by atoms with van der Waals surface area (Å²) in [5.41, 5.74) is 1.48. The Hall–Kier alpha value is -2.73. The maximum absolute atomic E-state index is 14.7. The molecule has 0 spiro atoms. The highest BCUT2D eigenvalue weighted by Gasteiger charge is 2.39. The van der Waals surface area contributed by atoms with Crippen LogP contribution in [-0.2, 0) is 22.4 Å². The number of hydrogen-bond donors (Lipinski definition) is 1. The maximum atomic E-state index is 14.7. The van der Waals surface area contributed by atoms with E-state index in [1.54, 1.807) is 11.3 Å². The molecule has 1 fully saturated rings. The fourth-order valence-electron chi connectivity index (χ4n) is 4.37. The summed E-state index contributed by atoms with van der Waals surface area (Å²) >= 11 is 1.60. The van der Waals surface area contributed by atoms with E-state index in [9.17, 15) is 14.0 Å². The van der Waals surface area contributed by atoms with Gasteiger partial charge in [-0.1, -0.05) is 18.2 Å². The van der Waals surface area contributed by atoms with Gasteiger partial charge < -0.3 is 10.1 Å². The Kier molecular flexibility index (Phi) is 4.59. The molecule has 2 atom stereocenters. The average Bonchev–Trinajstić information content (AvgIpc) is 3.40. The third kappa shape index (κ3) is 3.42. The molecule has 4 nitrogen and oxygen atoms in total. The zero-order valence-electron chi connectivity index (χ0n) is 15.7. The second-order valence-electron chi connectivity index (χ2n) is 7.71. The highest BCUT2D eigenvalue weighted by Crippen LogP contribution is 2.37. The summed E-state index contributed by atoms with van der Waals surface area (Å²) in [6, 6.07) is 13.3. The first kappa shape index (κ1) is 18.3. The van der Waals surface area contributed by atoms with Crippen LogP contribution in [-0.4, -0.2) is 24.8 Å². The van der Waals surface area contributed by atoms with Crippen LogP contribution in [0.25, 0.3) is 10.1 Å². The van der Waals surface area contributed by atoms with Crippen molar-refractivity contribution in [3.8, 4) is 5.75 Å². The number of fused-ring (bicyclic) bond motifs is 2. The third-order valence-electron chi connectivity index (χ3n) is 5.82. The summed E-state index contributed by atoms with van der Waals surface area (Å²) in [4.78, 5) is 26.2. The van der Waals surface area contributed by atoms with Crippen LogP contribution in [0.4, 0.5) is 4.39 Å². The molecule has 1 saturated heterocycles. The Bertz CT molecular complexity index is 1090. The van der Waals surface area contributed by atoms with Gasteiger partial charge in [0.2, 0.25) is 5.91 Å². The first-order valence-corrected chi connectivity index (χ1v) is 10.6. The second kappa shape index (κ2) is 7.26. The van der Waals surface area contributed by atoms with E-state index in [0.717, 1.165) is 26.9 Å². The molecular weight excluding hydrogens is 389 g/mol. The summed E-state index contributed by atoms with van der Waals surface area (Å²) in [7, 11) is 0. The predicted molar refractivity (Wildman–Crippen MR) is 110 cm³/mol. The lowest BCUT2D eigenvalue weighted by molar-refractivity contribution is -0.127. The molecule has 1 aromatic heterocycles. The molecule has 3 heterocycles. The third-order valence-corrected chi connectivity index (χ3v) is 6.94. The summed E-state index contributed by atoms with van der Waals surface area (Å²) < 4.78 is 21.3. The SMILES string of the molecule is O=C(Cc1cc2ccccc2s1)C[C@@H]1C(=O)NC[C@H]1c1cc2c(cc1F)OCC2. The van der Waals surface area contributed by atoms with Gasteiger partial charge in [-0.05, 0) is 34.7 Å². The molecule has 2 aliphatic rings. The largest absolute Gasteiger partial charge is 0.493 e. The molecule has 1 N–H and O–H groups in total. The Labute approximate surface area is 171 Å². The van der Waals surface area contributed by atoms with Gasteiger partial charge in [0.1, 0.15) is 17.3 Å². The summed E-state index contributed by atoms with van der Waals surface area (Å²) in [5, 5.41) is 3.94. The number of carbonyl (C=O) groups is 2. The summed E-state index contributed by atoms with van der Waals surface area (Å²) in [5.74, 6) is -0.814. The number of nitrogens with one attached hydrogen (secondary N) is 1. The van der Waals surface area contributed by atoms with Gasteiger partial charge in [0, 0.05) is 47.4 Å². The Morgan fingerprint density at radius 3 is 2.97 bits per heavy atom. The smallest absolute Gasteiger partial charge is 0.224 e. The topological polar surface area (TPSA) is 55.4 Å². The number of hydrogen-bond acceptors (Lipinski definition) is 4. The van der Waals surface area contributed by atoms with E-state index in [1.807, 2.05) is 36.4 Å². The van der Waals surface area contributed by atoms with Crippen LogP contribution in [0.1, 0.15) is 28.3 Å². The molecule has 29 heavy (non-hydrogen) atoms. The lowest BCUT2D eigenvalue weighted by Gasteiger charge is -2.18. The average molecular weight is 409 g/mol. The van der Waals surface area contributed by atoms with Crippen molar-refractivity contribution in [2.45, 2.75) is 25.2 Å². The maximum Gasteiger partial charge on any atom is 0.224 e. The van der Waals surface area contributed by atoms with E-state index in [0.29, 0.717) is 30.9 Å². The number of Topliss-reactive ketones (excluding diaryl/α,β-unsaturated/α-hetero) is 1. The fourth-order valence-corrected chi connectivity index (χ4v) is 5.46. The van der Waals surface area contributed by atoms with Gasteiger partial charge in [0.15, 0.2) is 0 Å².